The third-order valence-electron chi connectivity index (χ3n) is 3.31. The molecule has 0 amide bonds. The van der Waals surface area contributed by atoms with Gasteiger partial charge in [-0.1, -0.05) is 30.2 Å². The summed E-state index contributed by atoms with van der Waals surface area (Å²) >= 11 is 1.93. The normalized spacial score (nSPS) is 23.1. The molecule has 1 N–H and O–H groups in total. The minimum absolute atomic E-state index is 0.286. The SMILES string of the molecule is Cc1ccc(C(O)C2CCCCS2)c(C)c1. The Labute approximate surface area is 102 Å². The highest BCUT2D eigenvalue weighted by atomic mass is 32.2. The van der Waals surface area contributed by atoms with Gasteiger partial charge < -0.3 is 5.11 Å². The maximum absolute atomic E-state index is 10.4. The topological polar surface area (TPSA) is 20.2 Å². The van der Waals surface area contributed by atoms with Gasteiger partial charge in [-0.2, -0.15) is 11.8 Å². The van der Waals surface area contributed by atoms with Crippen molar-refractivity contribution in [1.82, 2.24) is 0 Å². The molecule has 0 aliphatic carbocycles. The fourth-order valence-corrected chi connectivity index (χ4v) is 3.71. The van der Waals surface area contributed by atoms with Crippen molar-refractivity contribution in [3.63, 3.8) is 0 Å². The summed E-state index contributed by atoms with van der Waals surface area (Å²) in [6, 6.07) is 6.34. The van der Waals surface area contributed by atoms with Crippen molar-refractivity contribution in [2.75, 3.05) is 5.75 Å². The molecule has 0 spiro atoms. The van der Waals surface area contributed by atoms with Gasteiger partial charge in [0.2, 0.25) is 0 Å². The zero-order valence-corrected chi connectivity index (χ0v) is 10.9. The second-order valence-corrected chi connectivity index (χ2v) is 6.06. The number of aryl methyl sites for hydroxylation is 2. The average Bonchev–Trinajstić information content (AvgIpc) is 2.29. The average molecular weight is 236 g/mol. The number of benzene rings is 1. The molecule has 0 radical (unpaired) electrons. The second kappa shape index (κ2) is 5.24. The molecule has 0 saturated carbocycles. The highest BCUT2D eigenvalue weighted by Gasteiger charge is 2.24. The maximum Gasteiger partial charge on any atom is 0.0911 e. The molecule has 1 aliphatic rings. The summed E-state index contributed by atoms with van der Waals surface area (Å²) < 4.78 is 0. The zero-order valence-electron chi connectivity index (χ0n) is 10.1. The predicted octanol–water partition coefficient (Wildman–Crippen LogP) is 3.62. The van der Waals surface area contributed by atoms with Gasteiger partial charge in [0.1, 0.15) is 0 Å². The van der Waals surface area contributed by atoms with Crippen molar-refractivity contribution in [1.29, 1.82) is 0 Å². The Morgan fingerprint density at radius 1 is 1.31 bits per heavy atom. The van der Waals surface area contributed by atoms with Crippen molar-refractivity contribution < 1.29 is 5.11 Å². The summed E-state index contributed by atoms with van der Waals surface area (Å²) in [6.45, 7) is 4.19. The van der Waals surface area contributed by atoms with Crippen LogP contribution in [0.25, 0.3) is 0 Å². The molecule has 2 atom stereocenters. The first-order valence-electron chi connectivity index (χ1n) is 6.05. The lowest BCUT2D eigenvalue weighted by molar-refractivity contribution is 0.168. The van der Waals surface area contributed by atoms with E-state index in [1.54, 1.807) is 0 Å². The van der Waals surface area contributed by atoms with E-state index in [9.17, 15) is 5.11 Å². The largest absolute Gasteiger partial charge is 0.387 e. The van der Waals surface area contributed by atoms with Crippen molar-refractivity contribution in [3.8, 4) is 0 Å². The number of rotatable bonds is 2. The van der Waals surface area contributed by atoms with E-state index in [1.165, 1.54) is 29.7 Å². The zero-order chi connectivity index (χ0) is 11.5. The van der Waals surface area contributed by atoms with Crippen LogP contribution in [0.5, 0.6) is 0 Å². The lowest BCUT2D eigenvalue weighted by Gasteiger charge is -2.27. The molecule has 0 aromatic heterocycles. The lowest BCUT2D eigenvalue weighted by Crippen LogP contribution is -2.19. The third-order valence-corrected chi connectivity index (χ3v) is 4.76. The summed E-state index contributed by atoms with van der Waals surface area (Å²) in [4.78, 5) is 0. The van der Waals surface area contributed by atoms with Crippen LogP contribution in [0.4, 0.5) is 0 Å². The number of aliphatic hydroxyl groups is 1. The van der Waals surface area contributed by atoms with Crippen molar-refractivity contribution in [3.05, 3.63) is 34.9 Å². The first-order valence-corrected chi connectivity index (χ1v) is 7.10. The van der Waals surface area contributed by atoms with Crippen LogP contribution in [0.2, 0.25) is 0 Å². The molecule has 2 rings (SSSR count). The second-order valence-electron chi connectivity index (χ2n) is 4.71. The van der Waals surface area contributed by atoms with Gasteiger partial charge >= 0.3 is 0 Å². The molecule has 1 saturated heterocycles. The van der Waals surface area contributed by atoms with Crippen LogP contribution in [0.1, 0.15) is 42.1 Å². The molecule has 1 aromatic rings. The van der Waals surface area contributed by atoms with Crippen molar-refractivity contribution in [2.45, 2.75) is 44.5 Å². The molecule has 1 nitrogen and oxygen atoms in total. The van der Waals surface area contributed by atoms with Gasteiger partial charge in [-0.25, -0.2) is 0 Å². The van der Waals surface area contributed by atoms with Crippen LogP contribution < -0.4 is 0 Å². The van der Waals surface area contributed by atoms with Crippen molar-refractivity contribution in [2.24, 2.45) is 0 Å². The minimum atomic E-state index is -0.286. The van der Waals surface area contributed by atoms with Gasteiger partial charge in [0, 0.05) is 5.25 Å². The molecule has 1 fully saturated rings. The summed E-state index contributed by atoms with van der Waals surface area (Å²) in [5.41, 5.74) is 3.61. The molecule has 1 aromatic carbocycles. The van der Waals surface area contributed by atoms with Gasteiger partial charge in [-0.15, -0.1) is 0 Å². The van der Waals surface area contributed by atoms with Crippen LogP contribution in [-0.4, -0.2) is 16.1 Å². The molecule has 2 unspecified atom stereocenters. The van der Waals surface area contributed by atoms with E-state index in [4.69, 9.17) is 0 Å². The lowest BCUT2D eigenvalue weighted by atomic mass is 9.97. The predicted molar refractivity (Wildman–Crippen MR) is 71.0 cm³/mol. The van der Waals surface area contributed by atoms with E-state index in [0.717, 1.165) is 12.0 Å². The first kappa shape index (κ1) is 12.0. The van der Waals surface area contributed by atoms with Gasteiger partial charge in [0.05, 0.1) is 6.10 Å². The Balaban J connectivity index is 2.15. The Kier molecular flexibility index (Phi) is 3.93. The monoisotopic (exact) mass is 236 g/mol. The number of thioether (sulfide) groups is 1. The third kappa shape index (κ3) is 2.61. The van der Waals surface area contributed by atoms with Crippen LogP contribution in [0, 0.1) is 13.8 Å². The van der Waals surface area contributed by atoms with E-state index >= 15 is 0 Å². The summed E-state index contributed by atoms with van der Waals surface area (Å²) in [5, 5.41) is 10.8. The van der Waals surface area contributed by atoms with Crippen molar-refractivity contribution >= 4 is 11.8 Å². The molecule has 88 valence electrons. The van der Waals surface area contributed by atoms with Gasteiger partial charge in [-0.3, -0.25) is 0 Å². The van der Waals surface area contributed by atoms with Crippen LogP contribution in [-0.2, 0) is 0 Å². The van der Waals surface area contributed by atoms with E-state index in [2.05, 4.69) is 32.0 Å². The Morgan fingerprint density at radius 2 is 2.12 bits per heavy atom. The van der Waals surface area contributed by atoms with E-state index in [1.807, 2.05) is 11.8 Å². The molecule has 0 bridgehead atoms. The first-order chi connectivity index (χ1) is 7.68. The fourth-order valence-electron chi connectivity index (χ4n) is 2.37. The molecule has 1 aliphatic heterocycles. The van der Waals surface area contributed by atoms with E-state index in [0.29, 0.717) is 5.25 Å². The van der Waals surface area contributed by atoms with E-state index < -0.39 is 0 Å². The summed E-state index contributed by atoms with van der Waals surface area (Å²) in [7, 11) is 0. The van der Waals surface area contributed by atoms with E-state index in [-0.39, 0.29) is 6.10 Å². The van der Waals surface area contributed by atoms with Crippen LogP contribution in [0.15, 0.2) is 18.2 Å². The molecule has 16 heavy (non-hydrogen) atoms. The fraction of sp³-hybridized carbons (Fsp3) is 0.571. The summed E-state index contributed by atoms with van der Waals surface area (Å²) in [5.74, 6) is 1.20. The summed E-state index contributed by atoms with van der Waals surface area (Å²) in [6.07, 6.45) is 3.44. The number of hydrogen-bond donors (Lipinski definition) is 1. The smallest absolute Gasteiger partial charge is 0.0911 e. The number of hydrogen-bond acceptors (Lipinski definition) is 2. The molecular formula is C14H20OS. The molecular weight excluding hydrogens is 216 g/mol. The van der Waals surface area contributed by atoms with Crippen LogP contribution >= 0.6 is 11.8 Å². The highest BCUT2D eigenvalue weighted by molar-refractivity contribution is 7.99. The Hall–Kier alpha value is -0.470. The minimum Gasteiger partial charge on any atom is -0.387 e. The maximum atomic E-state index is 10.4. The molecule has 2 heteroatoms. The Bertz CT molecular complexity index is 356. The quantitative estimate of drug-likeness (QED) is 0.846. The van der Waals surface area contributed by atoms with Crippen LogP contribution in [0.3, 0.4) is 0 Å². The Morgan fingerprint density at radius 3 is 2.75 bits per heavy atom. The standard InChI is InChI=1S/C14H20OS/c1-10-6-7-12(11(2)9-10)14(15)13-5-3-4-8-16-13/h6-7,9,13-15H,3-5,8H2,1-2H3. The molecule has 1 heterocycles. The highest BCUT2D eigenvalue weighted by Crippen LogP contribution is 2.35. The number of aliphatic hydroxyl groups excluding tert-OH is 1. The van der Waals surface area contributed by atoms with Gasteiger partial charge in [0.15, 0.2) is 0 Å². The van der Waals surface area contributed by atoms with Gasteiger partial charge in [-0.05, 0) is 43.6 Å². The van der Waals surface area contributed by atoms with Gasteiger partial charge in [0.25, 0.3) is 0 Å².